The van der Waals surface area contributed by atoms with Crippen LogP contribution in [-0.2, 0) is 19.2 Å². The molecule has 2 aliphatic heterocycles. The normalized spacial score (nSPS) is 23.3. The Labute approximate surface area is 366 Å². The van der Waals surface area contributed by atoms with Crippen molar-refractivity contribution in [1.82, 2.24) is 0 Å². The van der Waals surface area contributed by atoms with Gasteiger partial charge in [0.25, 0.3) is 0 Å². The van der Waals surface area contributed by atoms with E-state index in [0.29, 0.717) is 85.2 Å². The maximum atomic E-state index is 14.9. The number of Topliss-reactive ketones (excluding diaryl/α,β-unsaturated/α-hetero) is 4. The largest absolute Gasteiger partial charge is 0.497 e. The van der Waals surface area contributed by atoms with Gasteiger partial charge >= 0.3 is 0 Å². The molecule has 9 rings (SSSR count). The number of hydrogen-bond acceptors (Lipinski definition) is 8. The predicted octanol–water partition coefficient (Wildman–Crippen LogP) is 11.5. The molecule has 8 heteroatoms. The van der Waals surface area contributed by atoms with E-state index in [1.807, 2.05) is 66.7 Å². The number of hydrogen-bond donors (Lipinski definition) is 0. The molecule has 62 heavy (non-hydrogen) atoms. The second kappa shape index (κ2) is 14.5. The Balaban J connectivity index is 1.29. The highest BCUT2D eigenvalue weighted by Gasteiger charge is 2.52. The van der Waals surface area contributed by atoms with E-state index in [-0.39, 0.29) is 44.8 Å². The van der Waals surface area contributed by atoms with Gasteiger partial charge in [-0.3, -0.25) is 19.2 Å². The Bertz CT molecular complexity index is 2330. The minimum atomic E-state index is -0.602. The maximum absolute atomic E-state index is 14.9. The van der Waals surface area contributed by atoms with Crippen LogP contribution >= 0.6 is 0 Å². The van der Waals surface area contributed by atoms with E-state index in [1.165, 1.54) is 0 Å². The Morgan fingerprint density at radius 1 is 0.419 bits per heavy atom. The summed E-state index contributed by atoms with van der Waals surface area (Å²) in [5, 5.41) is 0. The zero-order valence-corrected chi connectivity index (χ0v) is 38.1. The minimum absolute atomic E-state index is 0.0414. The fraction of sp³-hybridized carbons (Fsp3) is 0.444. The number of benzene rings is 3. The van der Waals surface area contributed by atoms with Crippen molar-refractivity contribution in [3.63, 3.8) is 0 Å². The highest BCUT2D eigenvalue weighted by Crippen LogP contribution is 2.58. The molecule has 0 spiro atoms. The predicted molar refractivity (Wildman–Crippen MR) is 243 cm³/mol. The highest BCUT2D eigenvalue weighted by atomic mass is 16.5. The smallest absolute Gasteiger partial charge is 0.162 e. The molecule has 0 amide bonds. The molecule has 3 aromatic rings. The first-order valence-corrected chi connectivity index (χ1v) is 22.2. The van der Waals surface area contributed by atoms with Crippen LogP contribution in [0.3, 0.4) is 0 Å². The molecule has 0 atom stereocenters. The van der Waals surface area contributed by atoms with Crippen LogP contribution in [-0.4, -0.2) is 37.4 Å². The Hall–Kier alpha value is -5.50. The molecule has 8 nitrogen and oxygen atoms in total. The average Bonchev–Trinajstić information content (AvgIpc) is 3.17. The zero-order chi connectivity index (χ0) is 44.3. The fourth-order valence-corrected chi connectivity index (χ4v) is 11.6. The lowest BCUT2D eigenvalue weighted by atomic mass is 9.62. The second-order valence-electron chi connectivity index (χ2n) is 21.8. The summed E-state index contributed by atoms with van der Waals surface area (Å²) in [6.45, 7) is 17.2. The molecule has 0 radical (unpaired) electrons. The van der Waals surface area contributed by atoms with E-state index >= 15 is 0 Å². The first kappa shape index (κ1) is 41.8. The number of methoxy groups -OCH3 is 2. The number of anilines is 2. The van der Waals surface area contributed by atoms with Gasteiger partial charge in [-0.15, -0.1) is 0 Å². The van der Waals surface area contributed by atoms with Gasteiger partial charge in [-0.2, -0.15) is 0 Å². The van der Waals surface area contributed by atoms with E-state index in [2.05, 4.69) is 71.3 Å². The number of carbonyl (C=O) groups is 4. The second-order valence-corrected chi connectivity index (χ2v) is 21.8. The molecule has 0 saturated heterocycles. The summed E-state index contributed by atoms with van der Waals surface area (Å²) in [6.07, 6.45) is 4.04. The van der Waals surface area contributed by atoms with Gasteiger partial charge in [-0.25, -0.2) is 0 Å². The van der Waals surface area contributed by atoms with Gasteiger partial charge in [0.15, 0.2) is 23.1 Å². The summed E-state index contributed by atoms with van der Waals surface area (Å²) < 4.78 is 11.4. The molecule has 0 saturated carbocycles. The van der Waals surface area contributed by atoms with Gasteiger partial charge in [0.2, 0.25) is 0 Å². The van der Waals surface area contributed by atoms with Gasteiger partial charge in [-0.05, 0) is 82.7 Å². The van der Waals surface area contributed by atoms with Gasteiger partial charge in [0.05, 0.1) is 14.2 Å². The van der Waals surface area contributed by atoms with Crippen LogP contribution in [0.1, 0.15) is 130 Å². The van der Waals surface area contributed by atoms with Gasteiger partial charge < -0.3 is 19.3 Å². The Morgan fingerprint density at radius 3 is 1.00 bits per heavy atom. The molecule has 0 N–H and O–H groups in total. The van der Waals surface area contributed by atoms with Crippen LogP contribution in [0.5, 0.6) is 11.5 Å². The molecular formula is C54H60N2O6. The van der Waals surface area contributed by atoms with Crippen molar-refractivity contribution < 1.29 is 28.7 Å². The van der Waals surface area contributed by atoms with Gasteiger partial charge in [0, 0.05) is 106 Å². The SMILES string of the molecule is COc1cccc(N2C3=C(C(=O)CC(C)(C)C3)C(c3cccc(C4C5=C(CC(C)(C)CC5=O)N(c5cccc(OC)c5)C5=C4C(=O)CC(C)(C)C5)c3)C3=C2CC(C)(C)CC3=O)c1. The number of ether oxygens (including phenoxy) is 2. The summed E-state index contributed by atoms with van der Waals surface area (Å²) in [7, 11) is 3.30. The van der Waals surface area contributed by atoms with Crippen LogP contribution < -0.4 is 19.3 Å². The molecule has 2 heterocycles. The molecule has 0 unspecified atom stereocenters. The van der Waals surface area contributed by atoms with E-state index in [4.69, 9.17) is 9.47 Å². The molecule has 0 bridgehead atoms. The van der Waals surface area contributed by atoms with Gasteiger partial charge in [-0.1, -0.05) is 91.8 Å². The first-order chi connectivity index (χ1) is 29.2. The van der Waals surface area contributed by atoms with Crippen LogP contribution in [0.4, 0.5) is 11.4 Å². The Morgan fingerprint density at radius 2 is 0.710 bits per heavy atom. The lowest BCUT2D eigenvalue weighted by molar-refractivity contribution is -0.120. The van der Waals surface area contributed by atoms with Crippen molar-refractivity contribution in [3.05, 3.63) is 129 Å². The number of ketones is 4. The molecule has 6 aliphatic rings. The fourth-order valence-electron chi connectivity index (χ4n) is 11.6. The maximum Gasteiger partial charge on any atom is 0.162 e. The van der Waals surface area contributed by atoms with Crippen molar-refractivity contribution in [2.45, 2.75) is 119 Å². The van der Waals surface area contributed by atoms with Crippen molar-refractivity contribution in [1.29, 1.82) is 0 Å². The number of carbonyl (C=O) groups excluding carboxylic acids is 4. The van der Waals surface area contributed by atoms with Crippen molar-refractivity contribution >= 4 is 34.5 Å². The number of allylic oxidation sites excluding steroid dienone is 8. The van der Waals surface area contributed by atoms with E-state index < -0.39 is 11.8 Å². The quantitative estimate of drug-likeness (QED) is 0.242. The lowest BCUT2D eigenvalue weighted by Gasteiger charge is -2.49. The summed E-state index contributed by atoms with van der Waals surface area (Å²) in [5.74, 6) is 0.360. The zero-order valence-electron chi connectivity index (χ0n) is 38.1. The molecule has 4 aliphatic carbocycles. The van der Waals surface area contributed by atoms with E-state index in [1.54, 1.807) is 14.2 Å². The molecule has 0 aromatic heterocycles. The minimum Gasteiger partial charge on any atom is -0.497 e. The first-order valence-electron chi connectivity index (χ1n) is 22.2. The standard InChI is InChI=1S/C54H60N2O6/c1-51(2)23-37-47(41(57)27-51)45(48-38(24-52(3,4)28-42(48)58)55(37)33-16-12-18-35(21-33)61-9)31-14-11-15-32(20-31)46-49-39(25-53(5,6)29-43(49)59)56(34-17-13-19-36(22-34)62-10)40-26-54(7,8)30-44(60)50(40)46/h11-22,45-46H,23-30H2,1-10H3. The Kier molecular flexibility index (Phi) is 9.81. The number of nitrogens with zero attached hydrogens (tertiary/aromatic N) is 2. The molecular weight excluding hydrogens is 773 g/mol. The van der Waals surface area contributed by atoms with Crippen LogP contribution in [0, 0.1) is 21.7 Å². The molecule has 0 fully saturated rings. The summed E-state index contributed by atoms with van der Waals surface area (Å²) >= 11 is 0. The topological polar surface area (TPSA) is 93.2 Å². The number of rotatable bonds is 6. The summed E-state index contributed by atoms with van der Waals surface area (Å²) in [5.41, 5.74) is 8.53. The molecule has 3 aromatic carbocycles. The van der Waals surface area contributed by atoms with E-state index in [0.717, 1.165) is 45.3 Å². The van der Waals surface area contributed by atoms with Crippen molar-refractivity contribution in [3.8, 4) is 11.5 Å². The average molecular weight is 833 g/mol. The van der Waals surface area contributed by atoms with Gasteiger partial charge in [0.1, 0.15) is 11.5 Å². The van der Waals surface area contributed by atoms with Crippen LogP contribution in [0.2, 0.25) is 0 Å². The third-order valence-corrected chi connectivity index (χ3v) is 14.0. The monoisotopic (exact) mass is 832 g/mol. The van der Waals surface area contributed by atoms with Crippen LogP contribution in [0.25, 0.3) is 0 Å². The summed E-state index contributed by atoms with van der Waals surface area (Å²) in [4.78, 5) is 63.9. The van der Waals surface area contributed by atoms with E-state index in [9.17, 15) is 19.2 Å². The van der Waals surface area contributed by atoms with Crippen molar-refractivity contribution in [2.24, 2.45) is 21.7 Å². The molecule has 322 valence electrons. The van der Waals surface area contributed by atoms with Crippen molar-refractivity contribution in [2.75, 3.05) is 24.0 Å². The summed E-state index contributed by atoms with van der Waals surface area (Å²) in [6, 6.07) is 24.0. The lowest BCUT2D eigenvalue weighted by Crippen LogP contribution is -2.45. The third kappa shape index (κ3) is 7.07. The highest BCUT2D eigenvalue weighted by molar-refractivity contribution is 6.10. The third-order valence-electron chi connectivity index (χ3n) is 14.0. The van der Waals surface area contributed by atoms with Crippen LogP contribution in [0.15, 0.2) is 118 Å².